The molecule has 0 aromatic heterocycles. The number of rotatable bonds is 3. The molecule has 1 aliphatic heterocycles. The number of hydrogen-bond acceptors (Lipinski definition) is 2. The molecule has 1 amide bonds. The van der Waals surface area contributed by atoms with Gasteiger partial charge in [0.1, 0.15) is 0 Å². The average Bonchev–Trinajstić information content (AvgIpc) is 2.78. The highest BCUT2D eigenvalue weighted by molar-refractivity contribution is 5.64. The summed E-state index contributed by atoms with van der Waals surface area (Å²) in [5.74, 6) is 1.15. The molecule has 1 aliphatic carbocycles. The lowest BCUT2D eigenvalue weighted by molar-refractivity contribution is 0.141. The molecule has 0 spiro atoms. The van der Waals surface area contributed by atoms with E-state index in [0.717, 1.165) is 19.5 Å². The fourth-order valence-corrected chi connectivity index (χ4v) is 3.87. The Morgan fingerprint density at radius 2 is 2.00 bits per heavy atom. The monoisotopic (exact) mass is 274 g/mol. The number of nitrogens with zero attached hydrogens (tertiary/aromatic N) is 1. The molecule has 3 rings (SSSR count). The topological polar surface area (TPSA) is 52.6 Å². The summed E-state index contributed by atoms with van der Waals surface area (Å²) in [6, 6.07) is 10.3. The van der Waals surface area contributed by atoms with Crippen molar-refractivity contribution < 1.29 is 9.90 Å². The Labute approximate surface area is 119 Å². The van der Waals surface area contributed by atoms with Crippen LogP contribution in [0.5, 0.6) is 0 Å². The molecular weight excluding hydrogens is 252 g/mol. The van der Waals surface area contributed by atoms with Crippen LogP contribution in [-0.2, 0) is 6.54 Å². The van der Waals surface area contributed by atoms with E-state index in [4.69, 9.17) is 5.11 Å². The van der Waals surface area contributed by atoms with Gasteiger partial charge in [-0.3, -0.25) is 4.90 Å². The van der Waals surface area contributed by atoms with Gasteiger partial charge in [0.15, 0.2) is 0 Å². The first-order chi connectivity index (χ1) is 9.74. The molecule has 1 aromatic carbocycles. The third-order valence-corrected chi connectivity index (χ3v) is 4.74. The number of amides is 1. The molecule has 20 heavy (non-hydrogen) atoms. The van der Waals surface area contributed by atoms with Gasteiger partial charge in [0.05, 0.1) is 6.17 Å². The summed E-state index contributed by atoms with van der Waals surface area (Å²) in [5, 5.41) is 11.9. The second-order valence-corrected chi connectivity index (χ2v) is 6.02. The Kier molecular flexibility index (Phi) is 3.92. The molecule has 2 fully saturated rings. The summed E-state index contributed by atoms with van der Waals surface area (Å²) in [6.45, 7) is 1.85. The smallest absolute Gasteiger partial charge is 0.405 e. The highest BCUT2D eigenvalue weighted by atomic mass is 16.4. The zero-order chi connectivity index (χ0) is 13.9. The number of hydrogen-bond donors (Lipinski definition) is 2. The van der Waals surface area contributed by atoms with Crippen molar-refractivity contribution >= 4 is 6.09 Å². The second-order valence-electron chi connectivity index (χ2n) is 6.02. The summed E-state index contributed by atoms with van der Waals surface area (Å²) in [7, 11) is 0. The lowest BCUT2D eigenvalue weighted by Gasteiger charge is -2.30. The SMILES string of the molecule is O=C(O)N[C@H]1C2CCCCC2CN1Cc1ccccc1. The molecule has 1 heterocycles. The van der Waals surface area contributed by atoms with Gasteiger partial charge in [-0.2, -0.15) is 0 Å². The zero-order valence-corrected chi connectivity index (χ0v) is 11.7. The molecule has 1 saturated carbocycles. The normalized spacial score (nSPS) is 29.9. The van der Waals surface area contributed by atoms with Crippen molar-refractivity contribution in [3.8, 4) is 0 Å². The van der Waals surface area contributed by atoms with Crippen molar-refractivity contribution in [1.29, 1.82) is 0 Å². The molecule has 0 radical (unpaired) electrons. The number of benzene rings is 1. The van der Waals surface area contributed by atoms with Crippen LogP contribution < -0.4 is 5.32 Å². The maximum Gasteiger partial charge on any atom is 0.405 e. The van der Waals surface area contributed by atoms with E-state index in [1.165, 1.54) is 24.8 Å². The van der Waals surface area contributed by atoms with Crippen LogP contribution in [0.25, 0.3) is 0 Å². The van der Waals surface area contributed by atoms with Crippen LogP contribution in [0.4, 0.5) is 4.79 Å². The van der Waals surface area contributed by atoms with Crippen LogP contribution in [0.1, 0.15) is 31.2 Å². The first-order valence-electron chi connectivity index (χ1n) is 7.51. The minimum Gasteiger partial charge on any atom is -0.465 e. The van der Waals surface area contributed by atoms with E-state index >= 15 is 0 Å². The maximum absolute atomic E-state index is 11.1. The number of carbonyl (C=O) groups is 1. The quantitative estimate of drug-likeness (QED) is 0.891. The van der Waals surface area contributed by atoms with E-state index in [2.05, 4.69) is 22.3 Å². The van der Waals surface area contributed by atoms with E-state index in [0.29, 0.717) is 11.8 Å². The van der Waals surface area contributed by atoms with Crippen LogP contribution in [0.2, 0.25) is 0 Å². The van der Waals surface area contributed by atoms with E-state index in [-0.39, 0.29) is 6.17 Å². The van der Waals surface area contributed by atoms with E-state index in [1.807, 2.05) is 18.2 Å². The molecule has 4 heteroatoms. The number of fused-ring (bicyclic) bond motifs is 1. The predicted octanol–water partition coefficient (Wildman–Crippen LogP) is 2.90. The Balaban J connectivity index is 1.75. The second kappa shape index (κ2) is 5.83. The fraction of sp³-hybridized carbons (Fsp3) is 0.562. The van der Waals surface area contributed by atoms with Gasteiger partial charge >= 0.3 is 6.09 Å². The van der Waals surface area contributed by atoms with Crippen molar-refractivity contribution in [2.24, 2.45) is 11.8 Å². The Morgan fingerprint density at radius 1 is 1.25 bits per heavy atom. The fourth-order valence-electron chi connectivity index (χ4n) is 3.87. The lowest BCUT2D eigenvalue weighted by atomic mass is 9.80. The molecular formula is C16H22N2O2. The largest absolute Gasteiger partial charge is 0.465 e. The highest BCUT2D eigenvalue weighted by Gasteiger charge is 2.43. The van der Waals surface area contributed by atoms with Gasteiger partial charge in [0.2, 0.25) is 0 Å². The van der Waals surface area contributed by atoms with Crippen molar-refractivity contribution in [3.63, 3.8) is 0 Å². The molecule has 1 saturated heterocycles. The zero-order valence-electron chi connectivity index (χ0n) is 11.7. The van der Waals surface area contributed by atoms with Crippen LogP contribution >= 0.6 is 0 Å². The summed E-state index contributed by atoms with van der Waals surface area (Å²) >= 11 is 0. The Morgan fingerprint density at radius 3 is 2.75 bits per heavy atom. The minimum atomic E-state index is -0.903. The van der Waals surface area contributed by atoms with Gasteiger partial charge in [-0.15, -0.1) is 0 Å². The molecule has 0 bridgehead atoms. The van der Waals surface area contributed by atoms with Gasteiger partial charge in [-0.1, -0.05) is 43.2 Å². The molecule has 2 unspecified atom stereocenters. The molecule has 2 N–H and O–H groups in total. The molecule has 1 aromatic rings. The van der Waals surface area contributed by atoms with Crippen molar-refractivity contribution in [3.05, 3.63) is 35.9 Å². The minimum absolute atomic E-state index is 0.0157. The van der Waals surface area contributed by atoms with Crippen LogP contribution in [0, 0.1) is 11.8 Å². The predicted molar refractivity (Wildman–Crippen MR) is 77.2 cm³/mol. The van der Waals surface area contributed by atoms with Crippen molar-refractivity contribution in [2.45, 2.75) is 38.4 Å². The molecule has 4 nitrogen and oxygen atoms in total. The first-order valence-corrected chi connectivity index (χ1v) is 7.51. The van der Waals surface area contributed by atoms with E-state index in [9.17, 15) is 4.79 Å². The van der Waals surface area contributed by atoms with Crippen molar-refractivity contribution in [2.75, 3.05) is 6.54 Å². The van der Waals surface area contributed by atoms with Gasteiger partial charge in [-0.25, -0.2) is 4.79 Å². The number of carboxylic acid groups (broad SMARTS) is 1. The van der Waals surface area contributed by atoms with Crippen LogP contribution in [0.3, 0.4) is 0 Å². The Hall–Kier alpha value is -1.55. The van der Waals surface area contributed by atoms with E-state index in [1.54, 1.807) is 0 Å². The summed E-state index contributed by atoms with van der Waals surface area (Å²) < 4.78 is 0. The average molecular weight is 274 g/mol. The number of nitrogens with one attached hydrogen (secondary N) is 1. The van der Waals surface area contributed by atoms with Crippen molar-refractivity contribution in [1.82, 2.24) is 10.2 Å². The van der Waals surface area contributed by atoms with Gasteiger partial charge in [-0.05, 0) is 30.2 Å². The number of likely N-dealkylation sites (tertiary alicyclic amines) is 1. The molecule has 108 valence electrons. The summed E-state index contributed by atoms with van der Waals surface area (Å²) in [4.78, 5) is 13.4. The molecule has 2 aliphatic rings. The standard InChI is InChI=1S/C16H22N2O2/c19-16(20)17-15-14-9-5-4-8-13(14)11-18(15)10-12-6-2-1-3-7-12/h1-3,6-7,13-15,17H,4-5,8-11H2,(H,19,20)/t13?,14?,15-/m1/s1. The first kappa shape index (κ1) is 13.4. The third-order valence-electron chi connectivity index (χ3n) is 4.74. The van der Waals surface area contributed by atoms with Crippen LogP contribution in [0.15, 0.2) is 30.3 Å². The van der Waals surface area contributed by atoms with E-state index < -0.39 is 6.09 Å². The lowest BCUT2D eigenvalue weighted by Crippen LogP contribution is -2.47. The van der Waals surface area contributed by atoms with Crippen LogP contribution in [-0.4, -0.2) is 28.8 Å². The van der Waals surface area contributed by atoms with Gasteiger partial charge in [0, 0.05) is 13.1 Å². The third kappa shape index (κ3) is 2.80. The maximum atomic E-state index is 11.1. The summed E-state index contributed by atoms with van der Waals surface area (Å²) in [5.41, 5.74) is 1.25. The molecule has 3 atom stereocenters. The highest BCUT2D eigenvalue weighted by Crippen LogP contribution is 2.40. The Bertz CT molecular complexity index is 463. The van der Waals surface area contributed by atoms with Gasteiger partial charge < -0.3 is 10.4 Å². The summed E-state index contributed by atoms with van der Waals surface area (Å²) in [6.07, 6.45) is 4.00. The van der Waals surface area contributed by atoms with Gasteiger partial charge in [0.25, 0.3) is 0 Å².